The van der Waals surface area contributed by atoms with Gasteiger partial charge in [0.2, 0.25) is 5.91 Å². The minimum Gasteiger partial charge on any atom is -0.369 e. The average molecular weight is 232 g/mol. The lowest BCUT2D eigenvalue weighted by molar-refractivity contribution is -0.115. The van der Waals surface area contributed by atoms with Crippen LogP contribution in [0.2, 0.25) is 0 Å². The van der Waals surface area contributed by atoms with Gasteiger partial charge in [-0.05, 0) is 18.6 Å². The first-order valence-corrected chi connectivity index (χ1v) is 6.45. The Bertz CT molecular complexity index is 390. The molecule has 1 amide bonds. The summed E-state index contributed by atoms with van der Waals surface area (Å²) in [5.41, 5.74) is 2.11. The number of nitrogens with one attached hydrogen (secondary N) is 1. The molecule has 1 aromatic carbocycles. The highest BCUT2D eigenvalue weighted by atomic mass is 16.1. The highest BCUT2D eigenvalue weighted by Crippen LogP contribution is 2.28. The highest BCUT2D eigenvalue weighted by molar-refractivity contribution is 5.96. The molecule has 0 spiro atoms. The molecule has 0 unspecified atom stereocenters. The van der Waals surface area contributed by atoms with Crippen molar-refractivity contribution in [3.05, 3.63) is 24.3 Å². The van der Waals surface area contributed by atoms with Crippen molar-refractivity contribution < 1.29 is 4.79 Å². The number of unbranched alkanes of at least 4 members (excludes halogenated alkanes) is 2. The minimum absolute atomic E-state index is 0.121. The maximum Gasteiger partial charge on any atom is 0.226 e. The maximum atomic E-state index is 11.6. The Hall–Kier alpha value is -1.51. The van der Waals surface area contributed by atoms with E-state index in [-0.39, 0.29) is 5.91 Å². The first kappa shape index (κ1) is 12.0. The topological polar surface area (TPSA) is 32.3 Å². The van der Waals surface area contributed by atoms with Crippen LogP contribution in [0.1, 0.15) is 32.6 Å². The quantitative estimate of drug-likeness (QED) is 0.809. The molecule has 0 saturated carbocycles. The van der Waals surface area contributed by atoms with Gasteiger partial charge in [-0.25, -0.2) is 0 Å². The molecule has 0 atom stereocenters. The first-order valence-electron chi connectivity index (χ1n) is 6.45. The third-order valence-corrected chi connectivity index (χ3v) is 3.16. The number of fused-ring (bicyclic) bond motifs is 1. The van der Waals surface area contributed by atoms with Crippen molar-refractivity contribution in [3.63, 3.8) is 0 Å². The second-order valence-corrected chi connectivity index (χ2v) is 4.51. The predicted molar refractivity (Wildman–Crippen MR) is 71.4 cm³/mol. The van der Waals surface area contributed by atoms with Crippen LogP contribution in [-0.2, 0) is 4.79 Å². The fourth-order valence-corrected chi connectivity index (χ4v) is 2.21. The van der Waals surface area contributed by atoms with Crippen molar-refractivity contribution in [2.45, 2.75) is 32.6 Å². The van der Waals surface area contributed by atoms with Gasteiger partial charge in [0.15, 0.2) is 0 Å². The molecule has 1 aliphatic heterocycles. The Morgan fingerprint density at radius 3 is 2.94 bits per heavy atom. The van der Waals surface area contributed by atoms with Crippen LogP contribution in [0, 0.1) is 0 Å². The number of anilines is 2. The molecule has 0 aliphatic carbocycles. The van der Waals surface area contributed by atoms with E-state index >= 15 is 0 Å². The number of carbonyl (C=O) groups excluding carboxylic acids is 1. The van der Waals surface area contributed by atoms with Crippen LogP contribution in [0.3, 0.4) is 0 Å². The monoisotopic (exact) mass is 232 g/mol. The van der Waals surface area contributed by atoms with Gasteiger partial charge in [-0.3, -0.25) is 4.79 Å². The summed E-state index contributed by atoms with van der Waals surface area (Å²) in [5, 5.41) is 2.96. The molecule has 1 aliphatic rings. The van der Waals surface area contributed by atoms with Crippen LogP contribution in [0.5, 0.6) is 0 Å². The summed E-state index contributed by atoms with van der Waals surface area (Å²) in [6.07, 6.45) is 4.26. The van der Waals surface area contributed by atoms with Crippen molar-refractivity contribution in [1.82, 2.24) is 0 Å². The number of hydrogen-bond acceptors (Lipinski definition) is 2. The lowest BCUT2D eigenvalue weighted by Gasteiger charge is -2.23. The SMILES string of the molecule is CCCCCN1CCC(=O)Nc2ccccc21. The van der Waals surface area contributed by atoms with Gasteiger partial charge in [0.25, 0.3) is 0 Å². The molecule has 92 valence electrons. The number of benzene rings is 1. The van der Waals surface area contributed by atoms with E-state index < -0.39 is 0 Å². The summed E-state index contributed by atoms with van der Waals surface area (Å²) < 4.78 is 0. The molecule has 0 radical (unpaired) electrons. The zero-order valence-electron chi connectivity index (χ0n) is 10.4. The second kappa shape index (κ2) is 5.71. The molecule has 0 aromatic heterocycles. The molecule has 0 fully saturated rings. The van der Waals surface area contributed by atoms with Gasteiger partial charge in [-0.1, -0.05) is 31.9 Å². The molecule has 3 nitrogen and oxygen atoms in total. The Kier molecular flexibility index (Phi) is 4.02. The summed E-state index contributed by atoms with van der Waals surface area (Å²) in [6.45, 7) is 4.08. The van der Waals surface area contributed by atoms with E-state index in [1.54, 1.807) is 0 Å². The largest absolute Gasteiger partial charge is 0.369 e. The summed E-state index contributed by atoms with van der Waals surface area (Å²) in [6, 6.07) is 8.07. The average Bonchev–Trinajstić information content (AvgIpc) is 2.49. The second-order valence-electron chi connectivity index (χ2n) is 4.51. The normalized spacial score (nSPS) is 15.1. The van der Waals surface area contributed by atoms with E-state index in [4.69, 9.17) is 0 Å². The Balaban J connectivity index is 2.13. The van der Waals surface area contributed by atoms with Gasteiger partial charge < -0.3 is 10.2 Å². The molecule has 1 aromatic rings. The number of hydrogen-bond donors (Lipinski definition) is 1. The van der Waals surface area contributed by atoms with E-state index in [1.165, 1.54) is 19.3 Å². The fourth-order valence-electron chi connectivity index (χ4n) is 2.21. The number of amides is 1. The minimum atomic E-state index is 0.121. The number of nitrogens with zero attached hydrogens (tertiary/aromatic N) is 1. The molecule has 1 heterocycles. The van der Waals surface area contributed by atoms with Crippen molar-refractivity contribution in [1.29, 1.82) is 0 Å². The lowest BCUT2D eigenvalue weighted by Crippen LogP contribution is -2.25. The third kappa shape index (κ3) is 2.99. The maximum absolute atomic E-state index is 11.6. The zero-order chi connectivity index (χ0) is 12.1. The molecule has 1 N–H and O–H groups in total. The molecular formula is C14H20N2O. The Morgan fingerprint density at radius 2 is 2.12 bits per heavy atom. The van der Waals surface area contributed by atoms with Crippen LogP contribution < -0.4 is 10.2 Å². The Morgan fingerprint density at radius 1 is 1.29 bits per heavy atom. The number of carbonyl (C=O) groups is 1. The Labute approximate surface area is 103 Å². The van der Waals surface area contributed by atoms with Gasteiger partial charge in [-0.2, -0.15) is 0 Å². The van der Waals surface area contributed by atoms with Gasteiger partial charge in [0, 0.05) is 19.5 Å². The van der Waals surface area contributed by atoms with Crippen LogP contribution in [-0.4, -0.2) is 19.0 Å². The first-order chi connectivity index (χ1) is 8.31. The highest BCUT2D eigenvalue weighted by Gasteiger charge is 2.17. The van der Waals surface area contributed by atoms with Crippen LogP contribution >= 0.6 is 0 Å². The van der Waals surface area contributed by atoms with Crippen LogP contribution in [0.4, 0.5) is 11.4 Å². The van der Waals surface area contributed by atoms with Crippen LogP contribution in [0.15, 0.2) is 24.3 Å². The molecule has 2 rings (SSSR count). The predicted octanol–water partition coefficient (Wildman–Crippen LogP) is 3.03. The standard InChI is InChI=1S/C14H20N2O/c1-2-3-6-10-16-11-9-14(17)15-12-7-4-5-8-13(12)16/h4-5,7-8H,2-3,6,9-11H2,1H3,(H,15,17). The van der Waals surface area contributed by atoms with Gasteiger partial charge in [0.1, 0.15) is 0 Å². The van der Waals surface area contributed by atoms with Crippen molar-refractivity contribution in [3.8, 4) is 0 Å². The molecule has 0 saturated heterocycles. The molecule has 0 bridgehead atoms. The smallest absolute Gasteiger partial charge is 0.226 e. The fraction of sp³-hybridized carbons (Fsp3) is 0.500. The van der Waals surface area contributed by atoms with Crippen LogP contribution in [0.25, 0.3) is 0 Å². The van der Waals surface area contributed by atoms with E-state index in [0.29, 0.717) is 6.42 Å². The van der Waals surface area contributed by atoms with Crippen molar-refractivity contribution in [2.75, 3.05) is 23.3 Å². The summed E-state index contributed by atoms with van der Waals surface area (Å²) in [7, 11) is 0. The summed E-state index contributed by atoms with van der Waals surface area (Å²) in [5.74, 6) is 0.121. The number of rotatable bonds is 4. The van der Waals surface area contributed by atoms with E-state index in [1.807, 2.05) is 18.2 Å². The van der Waals surface area contributed by atoms with Gasteiger partial charge >= 0.3 is 0 Å². The van der Waals surface area contributed by atoms with E-state index in [9.17, 15) is 4.79 Å². The lowest BCUT2D eigenvalue weighted by atomic mass is 10.2. The number of para-hydroxylation sites is 2. The van der Waals surface area contributed by atoms with Crippen molar-refractivity contribution >= 4 is 17.3 Å². The van der Waals surface area contributed by atoms with E-state index in [2.05, 4.69) is 23.2 Å². The molecule has 3 heteroatoms. The van der Waals surface area contributed by atoms with Gasteiger partial charge in [0.05, 0.1) is 11.4 Å². The third-order valence-electron chi connectivity index (χ3n) is 3.16. The van der Waals surface area contributed by atoms with E-state index in [0.717, 1.165) is 24.5 Å². The molecular weight excluding hydrogens is 212 g/mol. The summed E-state index contributed by atoms with van der Waals surface area (Å²) >= 11 is 0. The van der Waals surface area contributed by atoms with Crippen molar-refractivity contribution in [2.24, 2.45) is 0 Å². The molecule has 17 heavy (non-hydrogen) atoms. The van der Waals surface area contributed by atoms with Gasteiger partial charge in [-0.15, -0.1) is 0 Å². The summed E-state index contributed by atoms with van der Waals surface area (Å²) in [4.78, 5) is 13.9. The zero-order valence-corrected chi connectivity index (χ0v) is 10.4.